The lowest BCUT2D eigenvalue weighted by Crippen LogP contribution is -2.41. The highest BCUT2D eigenvalue weighted by molar-refractivity contribution is 7.23. The van der Waals surface area contributed by atoms with E-state index >= 15 is 0 Å². The van der Waals surface area contributed by atoms with Gasteiger partial charge in [-0.1, -0.05) is 0 Å². The second-order valence-electron chi connectivity index (χ2n) is 7.05. The predicted molar refractivity (Wildman–Crippen MR) is 93.8 cm³/mol. The summed E-state index contributed by atoms with van der Waals surface area (Å²) < 4.78 is 23.4. The lowest BCUT2D eigenvalue weighted by Gasteiger charge is -2.32. The molecule has 0 radical (unpaired) electrons. The number of carbonyl (C=O) groups is 1. The van der Waals surface area contributed by atoms with Crippen molar-refractivity contribution >= 4 is 29.0 Å². The van der Waals surface area contributed by atoms with Crippen LogP contribution in [0.3, 0.4) is 0 Å². The van der Waals surface area contributed by atoms with Gasteiger partial charge in [-0.3, -0.25) is 4.79 Å². The third-order valence-electron chi connectivity index (χ3n) is 4.84. The zero-order valence-corrected chi connectivity index (χ0v) is 15.3. The smallest absolute Gasteiger partial charge is 0.454 e. The Kier molecular flexibility index (Phi) is 3.68. The van der Waals surface area contributed by atoms with Crippen molar-refractivity contribution in [2.45, 2.75) is 38.9 Å². The predicted octanol–water partition coefficient (Wildman–Crippen LogP) is 2.40. The van der Waals surface area contributed by atoms with Crippen molar-refractivity contribution in [2.75, 3.05) is 6.79 Å². The molecular formula is C17H18BNO5S. The zero-order chi connectivity index (χ0) is 17.8. The van der Waals surface area contributed by atoms with Gasteiger partial charge in [0.1, 0.15) is 0 Å². The highest BCUT2D eigenvalue weighted by atomic mass is 32.1. The number of hydrogen-bond donors (Lipinski definition) is 0. The van der Waals surface area contributed by atoms with Crippen molar-refractivity contribution in [2.24, 2.45) is 0 Å². The van der Waals surface area contributed by atoms with E-state index in [0.29, 0.717) is 22.1 Å². The molecule has 130 valence electrons. The van der Waals surface area contributed by atoms with E-state index in [0.717, 1.165) is 4.78 Å². The molecule has 3 heterocycles. The lowest BCUT2D eigenvalue weighted by atomic mass is 9.89. The van der Waals surface area contributed by atoms with Crippen LogP contribution in [0.5, 0.6) is 11.5 Å². The first-order valence-electron chi connectivity index (χ1n) is 8.02. The molecule has 0 unspecified atom stereocenters. The van der Waals surface area contributed by atoms with E-state index in [2.05, 4.69) is 4.98 Å². The highest BCUT2D eigenvalue weighted by Gasteiger charge is 2.52. The molecule has 1 saturated heterocycles. The van der Waals surface area contributed by atoms with Gasteiger partial charge in [0.25, 0.3) is 0 Å². The number of hydrogen-bond acceptors (Lipinski definition) is 7. The Bertz CT molecular complexity index is 831. The summed E-state index contributed by atoms with van der Waals surface area (Å²) in [6.07, 6.45) is 1.65. The van der Waals surface area contributed by atoms with Crippen LogP contribution in [-0.2, 0) is 9.31 Å². The molecule has 0 N–H and O–H groups in total. The number of nitrogens with zero attached hydrogens (tertiary/aromatic N) is 1. The molecule has 4 rings (SSSR count). The Morgan fingerprint density at radius 1 is 1.12 bits per heavy atom. The van der Waals surface area contributed by atoms with Crippen LogP contribution < -0.4 is 14.3 Å². The minimum atomic E-state index is -0.513. The molecule has 2 aliphatic rings. The van der Waals surface area contributed by atoms with Crippen molar-refractivity contribution in [1.29, 1.82) is 0 Å². The van der Waals surface area contributed by atoms with E-state index in [9.17, 15) is 4.79 Å². The molecule has 8 heteroatoms. The van der Waals surface area contributed by atoms with Gasteiger partial charge in [0.15, 0.2) is 16.5 Å². The maximum atomic E-state index is 12.7. The first kappa shape index (κ1) is 16.6. The number of ketones is 1. The third kappa shape index (κ3) is 2.74. The maximum absolute atomic E-state index is 12.7. The fraction of sp³-hybridized carbons (Fsp3) is 0.412. The molecule has 1 aromatic carbocycles. The Balaban J connectivity index is 1.57. The van der Waals surface area contributed by atoms with Gasteiger partial charge < -0.3 is 18.8 Å². The van der Waals surface area contributed by atoms with Gasteiger partial charge in [-0.25, -0.2) is 4.98 Å². The molecule has 2 aromatic rings. The Labute approximate surface area is 150 Å². The van der Waals surface area contributed by atoms with Crippen LogP contribution in [0.4, 0.5) is 0 Å². The molecule has 0 atom stereocenters. The zero-order valence-electron chi connectivity index (χ0n) is 14.5. The molecule has 1 fully saturated rings. The fourth-order valence-corrected chi connectivity index (χ4v) is 3.46. The summed E-state index contributed by atoms with van der Waals surface area (Å²) in [5.41, 5.74) is -0.342. The van der Waals surface area contributed by atoms with Crippen molar-refractivity contribution in [3.05, 3.63) is 35.0 Å². The van der Waals surface area contributed by atoms with Crippen molar-refractivity contribution in [3.8, 4) is 11.5 Å². The largest absolute Gasteiger partial charge is 0.507 e. The highest BCUT2D eigenvalue weighted by Crippen LogP contribution is 2.37. The maximum Gasteiger partial charge on any atom is 0.507 e. The number of thiazole rings is 1. The molecule has 0 saturated carbocycles. The summed E-state index contributed by atoms with van der Waals surface area (Å²) in [6.45, 7) is 8.15. The van der Waals surface area contributed by atoms with Crippen LogP contribution in [0.15, 0.2) is 24.4 Å². The van der Waals surface area contributed by atoms with Gasteiger partial charge in [-0.15, -0.1) is 11.3 Å². The second kappa shape index (κ2) is 5.55. The Morgan fingerprint density at radius 2 is 1.80 bits per heavy atom. The van der Waals surface area contributed by atoms with E-state index in [-0.39, 0.29) is 12.6 Å². The van der Waals surface area contributed by atoms with Crippen LogP contribution in [0.2, 0.25) is 0 Å². The van der Waals surface area contributed by atoms with Crippen LogP contribution in [0.25, 0.3) is 0 Å². The van der Waals surface area contributed by atoms with E-state index < -0.39 is 18.3 Å². The fourth-order valence-electron chi connectivity index (χ4n) is 2.62. The molecule has 0 amide bonds. The minimum Gasteiger partial charge on any atom is -0.454 e. The topological polar surface area (TPSA) is 66.9 Å². The summed E-state index contributed by atoms with van der Waals surface area (Å²) in [4.78, 5) is 17.0. The first-order chi connectivity index (χ1) is 11.8. The number of fused-ring (bicyclic) bond motifs is 1. The van der Waals surface area contributed by atoms with Gasteiger partial charge in [-0.2, -0.15) is 0 Å². The normalized spacial score (nSPS) is 20.1. The monoisotopic (exact) mass is 359 g/mol. The number of carbonyl (C=O) groups excluding carboxylic acids is 1. The summed E-state index contributed by atoms with van der Waals surface area (Å²) in [7, 11) is -0.513. The summed E-state index contributed by atoms with van der Waals surface area (Å²) in [6, 6.07) is 5.13. The Morgan fingerprint density at radius 3 is 2.52 bits per heavy atom. The molecule has 0 aliphatic carbocycles. The summed E-state index contributed by atoms with van der Waals surface area (Å²) in [5, 5.41) is 0.392. The summed E-state index contributed by atoms with van der Waals surface area (Å²) in [5.74, 6) is 1.06. The van der Waals surface area contributed by atoms with Gasteiger partial charge in [-0.05, 0) is 45.9 Å². The number of aromatic nitrogens is 1. The minimum absolute atomic E-state index is 0.161. The molecule has 0 bridgehead atoms. The molecular weight excluding hydrogens is 341 g/mol. The quantitative estimate of drug-likeness (QED) is 0.619. The standard InChI is InChI=1S/C17H18BNO5S/c1-16(2)17(3,4)24-18(23-16)13-8-19-15(25-13)14(20)10-5-6-11-12(7-10)22-9-21-11/h5-8H,9H2,1-4H3. The van der Waals surface area contributed by atoms with E-state index in [1.807, 2.05) is 27.7 Å². The summed E-state index contributed by atoms with van der Waals surface area (Å²) >= 11 is 1.29. The van der Waals surface area contributed by atoms with Gasteiger partial charge in [0, 0.05) is 11.8 Å². The van der Waals surface area contributed by atoms with E-state index in [1.165, 1.54) is 11.3 Å². The van der Waals surface area contributed by atoms with Crippen LogP contribution in [0.1, 0.15) is 43.1 Å². The van der Waals surface area contributed by atoms with Crippen LogP contribution in [-0.4, -0.2) is 35.9 Å². The van der Waals surface area contributed by atoms with Crippen LogP contribution in [0, 0.1) is 0 Å². The van der Waals surface area contributed by atoms with Crippen LogP contribution >= 0.6 is 11.3 Å². The average Bonchev–Trinajstić information content (AvgIpc) is 3.24. The third-order valence-corrected chi connectivity index (χ3v) is 5.86. The van der Waals surface area contributed by atoms with Crippen molar-refractivity contribution in [3.63, 3.8) is 0 Å². The number of ether oxygens (including phenoxy) is 2. The molecule has 2 aliphatic heterocycles. The molecule has 1 aromatic heterocycles. The first-order valence-corrected chi connectivity index (χ1v) is 8.84. The molecule has 6 nitrogen and oxygen atoms in total. The van der Waals surface area contributed by atoms with E-state index in [4.69, 9.17) is 18.8 Å². The molecule has 25 heavy (non-hydrogen) atoms. The number of benzene rings is 1. The van der Waals surface area contributed by atoms with Crippen molar-refractivity contribution in [1.82, 2.24) is 4.98 Å². The van der Waals surface area contributed by atoms with Crippen molar-refractivity contribution < 1.29 is 23.6 Å². The van der Waals surface area contributed by atoms with Gasteiger partial charge in [0.2, 0.25) is 12.6 Å². The Hall–Kier alpha value is -1.90. The van der Waals surface area contributed by atoms with Gasteiger partial charge in [0.05, 0.1) is 16.0 Å². The lowest BCUT2D eigenvalue weighted by molar-refractivity contribution is 0.00578. The average molecular weight is 359 g/mol. The number of rotatable bonds is 3. The van der Waals surface area contributed by atoms with Gasteiger partial charge >= 0.3 is 7.12 Å². The molecule has 0 spiro atoms. The SMILES string of the molecule is CC1(C)OB(c2cnc(C(=O)c3ccc4c(c3)OCO4)s2)OC1(C)C. The van der Waals surface area contributed by atoms with E-state index in [1.54, 1.807) is 24.4 Å². The second-order valence-corrected chi connectivity index (χ2v) is 8.12.